The van der Waals surface area contributed by atoms with E-state index in [4.69, 9.17) is 3.79 Å². The predicted octanol–water partition coefficient (Wildman–Crippen LogP) is 0.957. The summed E-state index contributed by atoms with van der Waals surface area (Å²) >= 11 is -0.0262. The van der Waals surface area contributed by atoms with Crippen molar-refractivity contribution < 1.29 is 3.79 Å². The van der Waals surface area contributed by atoms with Crippen molar-refractivity contribution in [1.82, 2.24) is 0 Å². The minimum atomic E-state index is -0.0262. The highest BCUT2D eigenvalue weighted by Crippen LogP contribution is 2.04. The highest BCUT2D eigenvalue weighted by Gasteiger charge is 1.99. The van der Waals surface area contributed by atoms with Crippen molar-refractivity contribution in [3.63, 3.8) is 0 Å². The molecule has 40 valence electrons. The largest absolute Gasteiger partial charge is 0.503 e. The second-order valence-corrected chi connectivity index (χ2v) is 3.55. The van der Waals surface area contributed by atoms with Gasteiger partial charge in [-0.2, -0.15) is 0 Å². The summed E-state index contributed by atoms with van der Waals surface area (Å²) in [5.74, 6) is 0. The second kappa shape index (κ2) is 3.49. The molecule has 0 aromatic carbocycles. The molecule has 0 radical (unpaired) electrons. The molecule has 0 saturated carbocycles. The highest BCUT2D eigenvalue weighted by molar-refractivity contribution is 6.27. The van der Waals surface area contributed by atoms with E-state index < -0.39 is 0 Å². The lowest BCUT2D eigenvalue weighted by Crippen LogP contribution is -1.93. The summed E-state index contributed by atoms with van der Waals surface area (Å²) < 4.78 is 5.33. The van der Waals surface area contributed by atoms with Gasteiger partial charge in [-0.15, -0.1) is 0 Å². The molecule has 1 heterocycles. The summed E-state index contributed by atoms with van der Waals surface area (Å²) in [6.45, 7) is 1.06. The maximum absolute atomic E-state index is 5.33. The van der Waals surface area contributed by atoms with E-state index in [-0.39, 0.29) is 15.6 Å². The Morgan fingerprint density at radius 1 is 1.14 bits per heavy atom. The van der Waals surface area contributed by atoms with E-state index in [1.165, 1.54) is 24.5 Å². The molecule has 0 unspecified atom stereocenters. The summed E-state index contributed by atoms with van der Waals surface area (Å²) in [7, 11) is 0. The molecule has 0 N–H and O–H groups in total. The maximum atomic E-state index is 5.33. The summed E-state index contributed by atoms with van der Waals surface area (Å²) in [5.41, 5.74) is 0. The lowest BCUT2D eigenvalue weighted by Gasteiger charge is -1.91. The van der Waals surface area contributed by atoms with Crippen molar-refractivity contribution in [1.29, 1.82) is 0 Å². The van der Waals surface area contributed by atoms with Crippen LogP contribution in [0.15, 0.2) is 0 Å². The average molecular weight is 114 g/mol. The zero-order valence-corrected chi connectivity index (χ0v) is 6.07. The van der Waals surface area contributed by atoms with Gasteiger partial charge in [0.15, 0.2) is 0 Å². The standard InChI is InChI=1S/C5H10O.Al.H/c1-2-3-4-5-6;;/h1-5H2;;/q-1;+1;. The lowest BCUT2D eigenvalue weighted by molar-refractivity contribution is 0.336. The van der Waals surface area contributed by atoms with Gasteiger partial charge >= 0.3 is 15.6 Å². The molecule has 0 aliphatic carbocycles. The quantitative estimate of drug-likeness (QED) is 0.426. The van der Waals surface area contributed by atoms with Gasteiger partial charge in [-0.25, -0.2) is 0 Å². The fraction of sp³-hybridized carbons (Fsp3) is 1.00. The Morgan fingerprint density at radius 2 is 2.14 bits per heavy atom. The van der Waals surface area contributed by atoms with Crippen LogP contribution in [0.2, 0.25) is 5.28 Å². The zero-order chi connectivity index (χ0) is 4.95. The molecule has 2 heteroatoms. The Hall–Kier alpha value is 0.492. The number of rotatable bonds is 0. The molecule has 0 spiro atoms. The van der Waals surface area contributed by atoms with E-state index in [0.717, 1.165) is 6.61 Å². The third-order valence-corrected chi connectivity index (χ3v) is 2.69. The van der Waals surface area contributed by atoms with Crippen molar-refractivity contribution in [2.45, 2.75) is 24.5 Å². The van der Waals surface area contributed by atoms with Gasteiger partial charge in [0, 0.05) is 6.61 Å². The Kier molecular flexibility index (Phi) is 2.80. The van der Waals surface area contributed by atoms with Crippen LogP contribution in [0.4, 0.5) is 0 Å². The molecule has 7 heavy (non-hydrogen) atoms. The Balaban J connectivity index is 2.04. The van der Waals surface area contributed by atoms with Crippen LogP contribution in [-0.2, 0) is 3.79 Å². The van der Waals surface area contributed by atoms with Gasteiger partial charge in [0.1, 0.15) is 0 Å². The van der Waals surface area contributed by atoms with E-state index in [1.807, 2.05) is 0 Å². The molecule has 0 atom stereocenters. The van der Waals surface area contributed by atoms with Crippen LogP contribution in [0, 0.1) is 0 Å². The van der Waals surface area contributed by atoms with Crippen molar-refractivity contribution in [3.8, 4) is 0 Å². The first-order valence-corrected chi connectivity index (χ1v) is 4.65. The van der Waals surface area contributed by atoms with Gasteiger partial charge in [0.25, 0.3) is 0 Å². The first kappa shape index (κ1) is 5.63. The molecule has 1 aliphatic heterocycles. The molecule has 1 saturated heterocycles. The van der Waals surface area contributed by atoms with Gasteiger partial charge in [0.2, 0.25) is 0 Å². The van der Waals surface area contributed by atoms with E-state index in [9.17, 15) is 0 Å². The minimum absolute atomic E-state index is 0.0262. The van der Waals surface area contributed by atoms with Crippen LogP contribution in [0.5, 0.6) is 0 Å². The summed E-state index contributed by atoms with van der Waals surface area (Å²) in [5, 5.41) is 1.42. The maximum Gasteiger partial charge on any atom is 0.435 e. The first-order chi connectivity index (χ1) is 3.50. The van der Waals surface area contributed by atoms with Crippen molar-refractivity contribution in [3.05, 3.63) is 0 Å². The fourth-order valence-electron chi connectivity index (χ4n) is 0.864. The van der Waals surface area contributed by atoms with Crippen LogP contribution in [0.1, 0.15) is 19.3 Å². The summed E-state index contributed by atoms with van der Waals surface area (Å²) in [6, 6.07) is 0. The van der Waals surface area contributed by atoms with Crippen LogP contribution in [0.3, 0.4) is 0 Å². The molecule has 1 nitrogen and oxygen atoms in total. The smallest absolute Gasteiger partial charge is 0.435 e. The minimum Gasteiger partial charge on any atom is -0.503 e. The molecule has 1 fully saturated rings. The van der Waals surface area contributed by atoms with Crippen molar-refractivity contribution >= 4 is 15.6 Å². The van der Waals surface area contributed by atoms with Crippen LogP contribution < -0.4 is 0 Å². The van der Waals surface area contributed by atoms with Crippen molar-refractivity contribution in [2.24, 2.45) is 0 Å². The molecule has 1 rings (SSSR count). The first-order valence-electron chi connectivity index (χ1n) is 3.08. The predicted molar refractivity (Wildman–Crippen MR) is 31.8 cm³/mol. The molecular formula is C5H11AlO. The fourth-order valence-corrected chi connectivity index (χ4v) is 2.03. The molecule has 0 amide bonds. The third-order valence-electron chi connectivity index (χ3n) is 1.33. The topological polar surface area (TPSA) is 9.23 Å². The van der Waals surface area contributed by atoms with Crippen LogP contribution in [-0.4, -0.2) is 22.2 Å². The second-order valence-electron chi connectivity index (χ2n) is 2.03. The van der Waals surface area contributed by atoms with E-state index in [0.29, 0.717) is 0 Å². The highest BCUT2D eigenvalue weighted by atomic mass is 27.1. The Labute approximate surface area is 51.1 Å². The molecule has 1 aliphatic rings. The van der Waals surface area contributed by atoms with E-state index in [2.05, 4.69) is 0 Å². The Bertz CT molecular complexity index is 27.7. The van der Waals surface area contributed by atoms with E-state index >= 15 is 0 Å². The third kappa shape index (κ3) is 2.33. The monoisotopic (exact) mass is 114 g/mol. The molecular weight excluding hydrogens is 103 g/mol. The Morgan fingerprint density at radius 3 is 3.14 bits per heavy atom. The van der Waals surface area contributed by atoms with Gasteiger partial charge < -0.3 is 3.79 Å². The summed E-state index contributed by atoms with van der Waals surface area (Å²) in [4.78, 5) is 0. The lowest BCUT2D eigenvalue weighted by atomic mass is 10.3. The normalized spacial score (nSPS) is 22.9. The number of hydrogen-bond donors (Lipinski definition) is 0. The van der Waals surface area contributed by atoms with Crippen molar-refractivity contribution in [2.75, 3.05) is 6.61 Å². The van der Waals surface area contributed by atoms with Gasteiger partial charge in [-0.3, -0.25) is 0 Å². The summed E-state index contributed by atoms with van der Waals surface area (Å²) in [6.07, 6.45) is 4.16. The molecule has 0 bridgehead atoms. The SMILES string of the molecule is C1CC[O][AlH][CH2]C1. The van der Waals surface area contributed by atoms with E-state index in [1.54, 1.807) is 0 Å². The molecule has 0 aromatic heterocycles. The number of hydrogen-bond acceptors (Lipinski definition) is 1. The van der Waals surface area contributed by atoms with Gasteiger partial charge in [-0.1, -0.05) is 18.1 Å². The van der Waals surface area contributed by atoms with Crippen LogP contribution >= 0.6 is 0 Å². The van der Waals surface area contributed by atoms with Crippen LogP contribution in [0.25, 0.3) is 0 Å². The van der Waals surface area contributed by atoms with Gasteiger partial charge in [0.05, 0.1) is 0 Å². The van der Waals surface area contributed by atoms with Gasteiger partial charge in [-0.05, 0) is 6.42 Å². The average Bonchev–Trinajstić information content (AvgIpc) is 1.90. The molecule has 0 aromatic rings. The zero-order valence-electron chi connectivity index (χ0n) is 4.65.